The van der Waals surface area contributed by atoms with E-state index in [1.54, 1.807) is 29.8 Å². The average molecular weight is 405 g/mol. The molecule has 0 amide bonds. The van der Waals surface area contributed by atoms with Crippen molar-refractivity contribution in [3.05, 3.63) is 65.2 Å². The zero-order valence-corrected chi connectivity index (χ0v) is 18.2. The second-order valence-electron chi connectivity index (χ2n) is 9.37. The summed E-state index contributed by atoms with van der Waals surface area (Å²) < 4.78 is 0. The van der Waals surface area contributed by atoms with Crippen LogP contribution in [0.3, 0.4) is 0 Å². The predicted octanol–water partition coefficient (Wildman–Crippen LogP) is 7.84. The van der Waals surface area contributed by atoms with Gasteiger partial charge in [0.15, 0.2) is 0 Å². The summed E-state index contributed by atoms with van der Waals surface area (Å²) in [7, 11) is 0. The summed E-state index contributed by atoms with van der Waals surface area (Å²) in [6, 6.07) is 15.4. The summed E-state index contributed by atoms with van der Waals surface area (Å²) in [5.41, 5.74) is 5.27. The second-order valence-corrected chi connectivity index (χ2v) is 9.37. The van der Waals surface area contributed by atoms with Gasteiger partial charge in [-0.3, -0.25) is 0 Å². The minimum Gasteiger partial charge on any atom is -0.508 e. The van der Waals surface area contributed by atoms with E-state index in [-0.39, 0.29) is 0 Å². The van der Waals surface area contributed by atoms with Gasteiger partial charge in [-0.05, 0) is 78.5 Å². The normalized spacial score (nSPS) is 17.5. The molecule has 0 unspecified atom stereocenters. The zero-order valence-electron chi connectivity index (χ0n) is 18.2. The van der Waals surface area contributed by atoms with Gasteiger partial charge in [-0.15, -0.1) is 0 Å². The second kappa shape index (κ2) is 10.2. The van der Waals surface area contributed by atoms with Crippen LogP contribution in [0.1, 0.15) is 88.2 Å². The van der Waals surface area contributed by atoms with Crippen molar-refractivity contribution >= 4 is 5.57 Å². The molecule has 2 aliphatic rings. The number of phenols is 2. The van der Waals surface area contributed by atoms with Crippen molar-refractivity contribution in [3.8, 4) is 11.5 Å². The summed E-state index contributed by atoms with van der Waals surface area (Å²) in [4.78, 5) is 0. The molecule has 2 saturated carbocycles. The summed E-state index contributed by atoms with van der Waals surface area (Å²) in [6.07, 6.45) is 16.1. The van der Waals surface area contributed by atoms with Crippen LogP contribution < -0.4 is 0 Å². The minimum absolute atomic E-state index is 0.308. The highest BCUT2D eigenvalue weighted by atomic mass is 16.3. The number of hydrogen-bond acceptors (Lipinski definition) is 2. The smallest absolute Gasteiger partial charge is 0.115 e. The van der Waals surface area contributed by atoms with Gasteiger partial charge in [0.05, 0.1) is 0 Å². The van der Waals surface area contributed by atoms with E-state index in [9.17, 15) is 10.2 Å². The van der Waals surface area contributed by atoms with Gasteiger partial charge in [0.2, 0.25) is 0 Å². The third kappa shape index (κ3) is 5.28. The molecule has 2 nitrogen and oxygen atoms in total. The van der Waals surface area contributed by atoms with E-state index in [1.807, 2.05) is 24.3 Å². The molecule has 0 aliphatic heterocycles. The molecule has 2 heteroatoms. The Kier molecular flexibility index (Phi) is 7.15. The third-order valence-electron chi connectivity index (χ3n) is 7.26. The van der Waals surface area contributed by atoms with Crippen LogP contribution in [0.2, 0.25) is 0 Å². The molecule has 30 heavy (non-hydrogen) atoms. The molecule has 0 heterocycles. The van der Waals surface area contributed by atoms with Crippen LogP contribution >= 0.6 is 0 Å². The van der Waals surface area contributed by atoms with Crippen LogP contribution in [0, 0.1) is 11.8 Å². The van der Waals surface area contributed by atoms with E-state index in [0.29, 0.717) is 17.4 Å². The van der Waals surface area contributed by atoms with Crippen LogP contribution in [0.15, 0.2) is 54.1 Å². The first-order chi connectivity index (χ1) is 14.7. The highest BCUT2D eigenvalue weighted by Crippen LogP contribution is 2.41. The molecule has 0 radical (unpaired) electrons. The maximum absolute atomic E-state index is 9.82. The van der Waals surface area contributed by atoms with E-state index in [1.165, 1.54) is 87.3 Å². The van der Waals surface area contributed by atoms with E-state index in [2.05, 4.69) is 0 Å². The Morgan fingerprint density at radius 3 is 1.70 bits per heavy atom. The first kappa shape index (κ1) is 21.0. The lowest BCUT2D eigenvalue weighted by Crippen LogP contribution is -2.05. The van der Waals surface area contributed by atoms with E-state index < -0.39 is 0 Å². The Balaban J connectivity index is 1.64. The largest absolute Gasteiger partial charge is 0.508 e. The van der Waals surface area contributed by atoms with Crippen LogP contribution in [0.4, 0.5) is 0 Å². The van der Waals surface area contributed by atoms with Gasteiger partial charge in [-0.1, -0.05) is 81.2 Å². The van der Waals surface area contributed by atoms with Crippen LogP contribution in [-0.2, 0) is 0 Å². The zero-order chi connectivity index (χ0) is 20.8. The summed E-state index contributed by atoms with van der Waals surface area (Å²) >= 11 is 0. The van der Waals surface area contributed by atoms with Gasteiger partial charge in [0, 0.05) is 0 Å². The fraction of sp³-hybridized carbons (Fsp3) is 0.500. The average Bonchev–Trinajstić information content (AvgIpc) is 3.47. The molecule has 0 bridgehead atoms. The van der Waals surface area contributed by atoms with Crippen LogP contribution in [-0.4, -0.2) is 10.2 Å². The molecule has 4 rings (SSSR count). The molecular formula is C28H36O2. The van der Waals surface area contributed by atoms with Gasteiger partial charge in [-0.25, -0.2) is 0 Å². The number of aromatic hydroxyl groups is 2. The summed E-state index contributed by atoms with van der Waals surface area (Å²) in [5.74, 6) is 2.25. The number of allylic oxidation sites excluding steroid dienone is 1. The highest BCUT2D eigenvalue weighted by Gasteiger charge is 2.24. The Labute approximate surface area is 181 Å². The lowest BCUT2D eigenvalue weighted by Gasteiger charge is -2.22. The molecule has 2 aromatic carbocycles. The van der Waals surface area contributed by atoms with Crippen molar-refractivity contribution in [2.24, 2.45) is 11.8 Å². The number of unbranched alkanes of at least 4 members (excludes halogenated alkanes) is 1. The van der Waals surface area contributed by atoms with Gasteiger partial charge in [0.25, 0.3) is 0 Å². The van der Waals surface area contributed by atoms with E-state index in [0.717, 1.165) is 12.3 Å². The van der Waals surface area contributed by atoms with Crippen LogP contribution in [0.5, 0.6) is 11.5 Å². The van der Waals surface area contributed by atoms with Gasteiger partial charge >= 0.3 is 0 Å². The van der Waals surface area contributed by atoms with Crippen molar-refractivity contribution < 1.29 is 10.2 Å². The van der Waals surface area contributed by atoms with Gasteiger partial charge in [0.1, 0.15) is 11.5 Å². The molecule has 2 aromatic rings. The van der Waals surface area contributed by atoms with E-state index >= 15 is 0 Å². The van der Waals surface area contributed by atoms with E-state index in [4.69, 9.17) is 0 Å². The molecule has 2 N–H and O–H groups in total. The number of rotatable bonds is 8. The number of phenolic OH excluding ortho intramolecular Hbond substituents is 2. The quantitative estimate of drug-likeness (QED) is 0.440. The first-order valence-corrected chi connectivity index (χ1v) is 12.0. The van der Waals surface area contributed by atoms with Crippen molar-refractivity contribution in [3.63, 3.8) is 0 Å². The molecule has 0 spiro atoms. The Hall–Kier alpha value is -2.22. The maximum Gasteiger partial charge on any atom is 0.115 e. The van der Waals surface area contributed by atoms with Gasteiger partial charge < -0.3 is 10.2 Å². The first-order valence-electron chi connectivity index (χ1n) is 12.0. The standard InChI is InChI=1S/C28H36O2/c29-25-17-13-23(14-18-25)28(24-15-19-26(30)20-16-24)27(22-10-4-5-11-22)12-6-3-9-21-7-1-2-8-21/h13-22,29-30H,1-12H2. The molecular weight excluding hydrogens is 368 g/mol. The Morgan fingerprint density at radius 2 is 1.17 bits per heavy atom. The molecule has 2 aliphatic carbocycles. The van der Waals surface area contributed by atoms with Crippen molar-refractivity contribution in [2.75, 3.05) is 0 Å². The fourth-order valence-electron chi connectivity index (χ4n) is 5.65. The Morgan fingerprint density at radius 1 is 0.667 bits per heavy atom. The predicted molar refractivity (Wildman–Crippen MR) is 125 cm³/mol. The summed E-state index contributed by atoms with van der Waals surface area (Å²) in [5, 5.41) is 19.6. The summed E-state index contributed by atoms with van der Waals surface area (Å²) in [6.45, 7) is 0. The van der Waals surface area contributed by atoms with Crippen molar-refractivity contribution in [1.82, 2.24) is 0 Å². The van der Waals surface area contributed by atoms with Gasteiger partial charge in [-0.2, -0.15) is 0 Å². The van der Waals surface area contributed by atoms with Crippen LogP contribution in [0.25, 0.3) is 5.57 Å². The maximum atomic E-state index is 9.82. The monoisotopic (exact) mass is 404 g/mol. The minimum atomic E-state index is 0.308. The fourth-order valence-corrected chi connectivity index (χ4v) is 5.65. The lowest BCUT2D eigenvalue weighted by molar-refractivity contribution is 0.468. The molecule has 0 aromatic heterocycles. The highest BCUT2D eigenvalue weighted by molar-refractivity contribution is 5.82. The Bertz CT molecular complexity index is 772. The molecule has 0 atom stereocenters. The van der Waals surface area contributed by atoms with Crippen molar-refractivity contribution in [2.45, 2.75) is 77.0 Å². The number of hydrogen-bond donors (Lipinski definition) is 2. The SMILES string of the molecule is Oc1ccc(C(=C(CCCCC2CCCC2)C2CCCC2)c2ccc(O)cc2)cc1. The van der Waals surface area contributed by atoms with Crippen molar-refractivity contribution in [1.29, 1.82) is 0 Å². The molecule has 0 saturated heterocycles. The number of benzene rings is 2. The third-order valence-corrected chi connectivity index (χ3v) is 7.26. The molecule has 160 valence electrons. The topological polar surface area (TPSA) is 40.5 Å². The lowest BCUT2D eigenvalue weighted by atomic mass is 9.82. The molecule has 2 fully saturated rings.